The number of benzene rings is 2. The summed E-state index contributed by atoms with van der Waals surface area (Å²) in [5.74, 6) is -1.48. The van der Waals surface area contributed by atoms with Crippen LogP contribution in [0, 0.1) is 5.82 Å². The second-order valence-corrected chi connectivity index (χ2v) is 6.03. The van der Waals surface area contributed by atoms with Gasteiger partial charge in [0.15, 0.2) is 0 Å². The zero-order valence-corrected chi connectivity index (χ0v) is 13.1. The largest absolute Gasteiger partial charge is 0.478 e. The predicted molar refractivity (Wildman–Crippen MR) is 87.7 cm³/mol. The molecule has 4 nitrogen and oxygen atoms in total. The molecule has 0 spiro atoms. The van der Waals surface area contributed by atoms with Crippen LogP contribution in [0.3, 0.4) is 0 Å². The Bertz CT molecular complexity index is 775. The van der Waals surface area contributed by atoms with E-state index in [1.807, 2.05) is 6.07 Å². The lowest BCUT2D eigenvalue weighted by molar-refractivity contribution is 0.0687. The van der Waals surface area contributed by atoms with Gasteiger partial charge < -0.3 is 10.0 Å². The number of nitrogens with zero attached hydrogens (tertiary/aromatic N) is 1. The third kappa shape index (κ3) is 3.45. The van der Waals surface area contributed by atoms with Crippen LogP contribution in [0.1, 0.15) is 45.0 Å². The molecule has 0 aliphatic carbocycles. The molecule has 1 heterocycles. The number of rotatable bonds is 3. The fourth-order valence-electron chi connectivity index (χ4n) is 3.16. The van der Waals surface area contributed by atoms with Crippen molar-refractivity contribution in [2.24, 2.45) is 0 Å². The van der Waals surface area contributed by atoms with Gasteiger partial charge in [0.2, 0.25) is 0 Å². The van der Waals surface area contributed by atoms with Gasteiger partial charge in [-0.1, -0.05) is 18.2 Å². The van der Waals surface area contributed by atoms with Crippen LogP contribution in [0.5, 0.6) is 0 Å². The molecule has 1 aliphatic rings. The van der Waals surface area contributed by atoms with E-state index in [1.165, 1.54) is 18.2 Å². The number of hydrogen-bond acceptors (Lipinski definition) is 2. The van der Waals surface area contributed by atoms with Crippen LogP contribution in [-0.4, -0.2) is 35.0 Å². The Balaban J connectivity index is 1.78. The van der Waals surface area contributed by atoms with Gasteiger partial charge >= 0.3 is 5.97 Å². The summed E-state index contributed by atoms with van der Waals surface area (Å²) >= 11 is 0. The van der Waals surface area contributed by atoms with Gasteiger partial charge in [-0.2, -0.15) is 0 Å². The Morgan fingerprint density at radius 3 is 2.58 bits per heavy atom. The maximum Gasteiger partial charge on any atom is 0.335 e. The highest BCUT2D eigenvalue weighted by molar-refractivity contribution is 5.94. The molecule has 2 aromatic rings. The summed E-state index contributed by atoms with van der Waals surface area (Å²) in [7, 11) is 0. The Hall–Kier alpha value is -2.69. The maximum atomic E-state index is 13.3. The minimum absolute atomic E-state index is 0.0931. The molecule has 0 saturated carbocycles. The Morgan fingerprint density at radius 1 is 1.08 bits per heavy atom. The predicted octanol–water partition coefficient (Wildman–Crippen LogP) is 3.54. The molecular weight excluding hydrogens is 309 g/mol. The summed E-state index contributed by atoms with van der Waals surface area (Å²) in [4.78, 5) is 25.4. The number of hydrogen-bond donors (Lipinski definition) is 1. The molecule has 1 fully saturated rings. The average molecular weight is 327 g/mol. The highest BCUT2D eigenvalue weighted by atomic mass is 19.1. The van der Waals surface area contributed by atoms with Crippen molar-refractivity contribution in [3.8, 4) is 0 Å². The molecule has 1 saturated heterocycles. The number of carboxylic acids is 1. The lowest BCUT2D eigenvalue weighted by Crippen LogP contribution is -2.39. The topological polar surface area (TPSA) is 57.6 Å². The molecule has 5 heteroatoms. The molecular formula is C19H18FNO3. The number of carbonyl (C=O) groups excluding carboxylic acids is 1. The first kappa shape index (κ1) is 16.2. The van der Waals surface area contributed by atoms with Crippen LogP contribution < -0.4 is 0 Å². The monoisotopic (exact) mass is 327 g/mol. The molecule has 0 radical (unpaired) electrons. The minimum Gasteiger partial charge on any atom is -0.478 e. The van der Waals surface area contributed by atoms with Gasteiger partial charge in [-0.05, 0) is 48.7 Å². The number of piperidine rings is 1. The highest BCUT2D eigenvalue weighted by Crippen LogP contribution is 2.28. The first-order valence-electron chi connectivity index (χ1n) is 7.92. The van der Waals surface area contributed by atoms with Crippen molar-refractivity contribution in [2.45, 2.75) is 18.8 Å². The van der Waals surface area contributed by atoms with Crippen LogP contribution in [0.25, 0.3) is 0 Å². The van der Waals surface area contributed by atoms with Crippen LogP contribution in [0.15, 0.2) is 48.5 Å². The van der Waals surface area contributed by atoms with E-state index in [0.29, 0.717) is 18.7 Å². The fraction of sp³-hybridized carbons (Fsp3) is 0.263. The van der Waals surface area contributed by atoms with E-state index in [-0.39, 0.29) is 17.4 Å². The first-order valence-corrected chi connectivity index (χ1v) is 7.92. The third-order valence-corrected chi connectivity index (χ3v) is 4.39. The second kappa shape index (κ2) is 6.83. The van der Waals surface area contributed by atoms with Crippen molar-refractivity contribution in [3.63, 3.8) is 0 Å². The van der Waals surface area contributed by atoms with Crippen molar-refractivity contribution >= 4 is 11.9 Å². The summed E-state index contributed by atoms with van der Waals surface area (Å²) in [5, 5.41) is 9.12. The van der Waals surface area contributed by atoms with E-state index in [0.717, 1.165) is 18.4 Å². The van der Waals surface area contributed by atoms with Gasteiger partial charge in [0.25, 0.3) is 5.91 Å². The molecule has 1 N–H and O–H groups in total. The van der Waals surface area contributed by atoms with Gasteiger partial charge in [-0.25, -0.2) is 9.18 Å². The molecule has 124 valence electrons. The zero-order chi connectivity index (χ0) is 17.1. The van der Waals surface area contributed by atoms with Gasteiger partial charge in [-0.3, -0.25) is 4.79 Å². The molecule has 0 unspecified atom stereocenters. The molecule has 1 aliphatic heterocycles. The molecule has 1 amide bonds. The summed E-state index contributed by atoms with van der Waals surface area (Å²) in [6.45, 7) is 1.14. The van der Waals surface area contributed by atoms with Crippen molar-refractivity contribution in [1.82, 2.24) is 4.90 Å². The lowest BCUT2D eigenvalue weighted by Gasteiger charge is -2.33. The Kier molecular flexibility index (Phi) is 4.60. The van der Waals surface area contributed by atoms with E-state index in [9.17, 15) is 14.0 Å². The molecule has 0 bridgehead atoms. The molecule has 2 aromatic carbocycles. The standard InChI is InChI=1S/C19H18FNO3/c20-17-8-2-5-14(11-17)18(22)21-9-3-7-16(12-21)13-4-1-6-15(10-13)19(23)24/h1-2,4-6,8,10-11,16H,3,7,9,12H2,(H,23,24)/t16-/m1/s1. The van der Waals surface area contributed by atoms with Crippen LogP contribution in [0.4, 0.5) is 4.39 Å². The Labute approximate surface area is 139 Å². The fourth-order valence-corrected chi connectivity index (χ4v) is 3.16. The average Bonchev–Trinajstić information content (AvgIpc) is 2.61. The quantitative estimate of drug-likeness (QED) is 0.938. The van der Waals surface area contributed by atoms with Gasteiger partial charge in [-0.15, -0.1) is 0 Å². The SMILES string of the molecule is O=C(O)c1cccc([C@@H]2CCCN(C(=O)c3cccc(F)c3)C2)c1. The van der Waals surface area contributed by atoms with Crippen LogP contribution in [0.2, 0.25) is 0 Å². The summed E-state index contributed by atoms with van der Waals surface area (Å²) < 4.78 is 13.3. The minimum atomic E-state index is -0.958. The molecule has 24 heavy (non-hydrogen) atoms. The van der Waals surface area contributed by atoms with Gasteiger partial charge in [0.1, 0.15) is 5.82 Å². The number of carbonyl (C=O) groups is 2. The van der Waals surface area contributed by atoms with E-state index in [2.05, 4.69) is 0 Å². The molecule has 3 rings (SSSR count). The van der Waals surface area contributed by atoms with Gasteiger partial charge in [0.05, 0.1) is 5.56 Å². The van der Waals surface area contributed by atoms with E-state index in [4.69, 9.17) is 5.11 Å². The summed E-state index contributed by atoms with van der Waals surface area (Å²) in [5.41, 5.74) is 1.52. The van der Waals surface area contributed by atoms with Crippen LogP contribution in [-0.2, 0) is 0 Å². The molecule has 1 atom stereocenters. The van der Waals surface area contributed by atoms with Crippen molar-refractivity contribution < 1.29 is 19.1 Å². The number of halogens is 1. The molecule has 0 aromatic heterocycles. The number of amides is 1. The summed E-state index contributed by atoms with van der Waals surface area (Å²) in [6.07, 6.45) is 1.74. The van der Waals surface area contributed by atoms with E-state index >= 15 is 0 Å². The smallest absolute Gasteiger partial charge is 0.335 e. The zero-order valence-electron chi connectivity index (χ0n) is 13.1. The van der Waals surface area contributed by atoms with E-state index in [1.54, 1.807) is 29.2 Å². The summed E-state index contributed by atoms with van der Waals surface area (Å²) in [6, 6.07) is 12.6. The lowest BCUT2D eigenvalue weighted by atomic mass is 9.89. The van der Waals surface area contributed by atoms with Crippen LogP contribution >= 0.6 is 0 Å². The highest BCUT2D eigenvalue weighted by Gasteiger charge is 2.26. The normalized spacial score (nSPS) is 17.5. The number of likely N-dealkylation sites (tertiary alicyclic amines) is 1. The second-order valence-electron chi connectivity index (χ2n) is 6.03. The number of aromatic carboxylic acids is 1. The van der Waals surface area contributed by atoms with Crippen molar-refractivity contribution in [3.05, 3.63) is 71.0 Å². The first-order chi connectivity index (χ1) is 11.5. The van der Waals surface area contributed by atoms with Crippen molar-refractivity contribution in [1.29, 1.82) is 0 Å². The number of carboxylic acid groups (broad SMARTS) is 1. The van der Waals surface area contributed by atoms with Crippen molar-refractivity contribution in [2.75, 3.05) is 13.1 Å². The maximum absolute atomic E-state index is 13.3. The van der Waals surface area contributed by atoms with Gasteiger partial charge in [0, 0.05) is 24.6 Å². The third-order valence-electron chi connectivity index (χ3n) is 4.39. The Morgan fingerprint density at radius 2 is 1.83 bits per heavy atom. The van der Waals surface area contributed by atoms with E-state index < -0.39 is 11.8 Å².